The van der Waals surface area contributed by atoms with Crippen LogP contribution < -0.4 is 0 Å². The maximum Gasteiger partial charge on any atom is 0.309 e. The Morgan fingerprint density at radius 2 is 1.95 bits per heavy atom. The Labute approximate surface area is 128 Å². The number of carbonyl (C=O) groups excluding carboxylic acids is 1. The lowest BCUT2D eigenvalue weighted by Gasteiger charge is -2.30. The van der Waals surface area contributed by atoms with Crippen LogP contribution in [0.25, 0.3) is 0 Å². The van der Waals surface area contributed by atoms with Gasteiger partial charge in [-0.25, -0.2) is 13.8 Å². The molecule has 1 saturated heterocycles. The lowest BCUT2D eigenvalue weighted by atomic mass is 10.1. The highest BCUT2D eigenvalue weighted by Gasteiger charge is 2.37. The van der Waals surface area contributed by atoms with E-state index in [1.807, 2.05) is 0 Å². The Balaban J connectivity index is 1.70. The quantitative estimate of drug-likeness (QED) is 0.841. The van der Waals surface area contributed by atoms with Gasteiger partial charge in [-0.3, -0.25) is 9.69 Å². The molecule has 3 heterocycles. The Hall–Kier alpha value is -1.50. The summed E-state index contributed by atoms with van der Waals surface area (Å²) in [4.78, 5) is 20.3. The van der Waals surface area contributed by atoms with Crippen molar-refractivity contribution in [1.29, 1.82) is 0 Å². The molecule has 1 aromatic rings. The highest BCUT2D eigenvalue weighted by molar-refractivity contribution is 5.89. The van der Waals surface area contributed by atoms with Crippen molar-refractivity contribution in [2.45, 2.75) is 51.6 Å². The Bertz CT molecular complexity index is 561. The molecular weight excluding hydrogens is 292 g/mol. The number of likely N-dealkylation sites (tertiary alicyclic amines) is 1. The van der Waals surface area contributed by atoms with E-state index in [1.165, 1.54) is 4.90 Å². The van der Waals surface area contributed by atoms with Crippen LogP contribution in [-0.2, 0) is 13.0 Å². The van der Waals surface area contributed by atoms with Gasteiger partial charge in [0.25, 0.3) is 11.8 Å². The molecule has 0 radical (unpaired) electrons. The number of carbonyl (C=O) groups is 1. The summed E-state index contributed by atoms with van der Waals surface area (Å²) >= 11 is 0. The number of hydrogen-bond donors (Lipinski definition) is 0. The fourth-order valence-corrected chi connectivity index (χ4v) is 2.92. The third-order valence-electron chi connectivity index (χ3n) is 4.45. The molecule has 0 atom stereocenters. The first-order valence-electron chi connectivity index (χ1n) is 7.75. The molecule has 0 unspecified atom stereocenters. The molecule has 0 aliphatic carbocycles. The summed E-state index contributed by atoms with van der Waals surface area (Å²) in [5.74, 6) is -2.24. The van der Waals surface area contributed by atoms with Crippen LogP contribution in [0.3, 0.4) is 0 Å². The molecule has 0 aromatic carbocycles. The molecule has 3 rings (SSSR count). The van der Waals surface area contributed by atoms with E-state index in [1.54, 1.807) is 0 Å². The number of hydrogen-bond acceptors (Lipinski definition) is 4. The summed E-state index contributed by atoms with van der Waals surface area (Å²) in [5, 5.41) is 0. The summed E-state index contributed by atoms with van der Waals surface area (Å²) in [6, 6.07) is 0.410. The third kappa shape index (κ3) is 2.99. The van der Waals surface area contributed by atoms with Gasteiger partial charge in [-0.1, -0.05) is 0 Å². The molecule has 22 heavy (non-hydrogen) atoms. The lowest BCUT2D eigenvalue weighted by molar-refractivity contribution is -0.0499. The zero-order valence-electron chi connectivity index (χ0n) is 12.9. The molecule has 5 nitrogen and oxygen atoms in total. The Morgan fingerprint density at radius 3 is 2.59 bits per heavy atom. The fraction of sp³-hybridized carbons (Fsp3) is 0.733. The van der Waals surface area contributed by atoms with Crippen LogP contribution >= 0.6 is 0 Å². The normalized spacial score (nSPS) is 22.0. The standard InChI is InChI=1S/C15H21F2N3O2/c1-10(2)20-6-3-12-11(9-20)18-13(22-12)14(21)19-7-4-15(16,17)5-8-19/h10H,3-9H2,1-2H3. The maximum absolute atomic E-state index is 13.2. The van der Waals surface area contributed by atoms with Crippen LogP contribution in [0.15, 0.2) is 4.42 Å². The van der Waals surface area contributed by atoms with E-state index in [4.69, 9.17) is 4.42 Å². The van der Waals surface area contributed by atoms with Gasteiger partial charge in [-0.05, 0) is 13.8 Å². The van der Waals surface area contributed by atoms with E-state index in [0.717, 1.165) is 24.4 Å². The minimum Gasteiger partial charge on any atom is -0.437 e. The van der Waals surface area contributed by atoms with E-state index < -0.39 is 5.92 Å². The number of aromatic nitrogens is 1. The number of oxazole rings is 1. The van der Waals surface area contributed by atoms with Crippen molar-refractivity contribution in [2.24, 2.45) is 0 Å². The number of amides is 1. The van der Waals surface area contributed by atoms with Crippen molar-refractivity contribution >= 4 is 5.91 Å². The van der Waals surface area contributed by atoms with Crippen molar-refractivity contribution in [3.05, 3.63) is 17.3 Å². The average Bonchev–Trinajstić information content (AvgIpc) is 2.89. The van der Waals surface area contributed by atoms with Gasteiger partial charge < -0.3 is 9.32 Å². The van der Waals surface area contributed by atoms with Crippen LogP contribution in [0.1, 0.15) is 48.8 Å². The van der Waals surface area contributed by atoms with E-state index in [2.05, 4.69) is 23.7 Å². The minimum atomic E-state index is -2.66. The molecule has 0 bridgehead atoms. The summed E-state index contributed by atoms with van der Waals surface area (Å²) in [6.45, 7) is 5.88. The molecule has 0 saturated carbocycles. The highest BCUT2D eigenvalue weighted by atomic mass is 19.3. The molecule has 7 heteroatoms. The van der Waals surface area contributed by atoms with Crippen molar-refractivity contribution in [3.63, 3.8) is 0 Å². The molecule has 122 valence electrons. The fourth-order valence-electron chi connectivity index (χ4n) is 2.92. The molecule has 2 aliphatic rings. The number of rotatable bonds is 2. The average molecular weight is 313 g/mol. The van der Waals surface area contributed by atoms with Gasteiger partial charge in [0.1, 0.15) is 5.76 Å². The van der Waals surface area contributed by atoms with Crippen molar-refractivity contribution < 1.29 is 18.0 Å². The number of nitrogens with zero attached hydrogens (tertiary/aromatic N) is 3. The number of halogens is 2. The minimum absolute atomic E-state index is 0.0424. The molecule has 2 aliphatic heterocycles. The third-order valence-corrected chi connectivity index (χ3v) is 4.45. The number of fused-ring (bicyclic) bond motifs is 1. The Kier molecular flexibility index (Phi) is 3.92. The maximum atomic E-state index is 13.2. The van der Waals surface area contributed by atoms with Crippen LogP contribution in [0.4, 0.5) is 8.78 Å². The molecular formula is C15H21F2N3O2. The summed E-state index contributed by atoms with van der Waals surface area (Å²) in [5.41, 5.74) is 0.797. The zero-order chi connectivity index (χ0) is 15.9. The second-order valence-electron chi connectivity index (χ2n) is 6.35. The second kappa shape index (κ2) is 5.61. The molecule has 1 fully saturated rings. The van der Waals surface area contributed by atoms with E-state index in [0.29, 0.717) is 12.6 Å². The summed E-state index contributed by atoms with van der Waals surface area (Å²) < 4.78 is 31.9. The van der Waals surface area contributed by atoms with Crippen LogP contribution in [0.2, 0.25) is 0 Å². The topological polar surface area (TPSA) is 49.6 Å². The van der Waals surface area contributed by atoms with Crippen molar-refractivity contribution in [3.8, 4) is 0 Å². The smallest absolute Gasteiger partial charge is 0.309 e. The summed E-state index contributed by atoms with van der Waals surface area (Å²) in [7, 11) is 0. The van der Waals surface area contributed by atoms with Crippen LogP contribution in [0.5, 0.6) is 0 Å². The molecule has 1 amide bonds. The van der Waals surface area contributed by atoms with Gasteiger partial charge in [0.15, 0.2) is 0 Å². The van der Waals surface area contributed by atoms with Gasteiger partial charge in [-0.15, -0.1) is 0 Å². The molecule has 1 aromatic heterocycles. The summed E-state index contributed by atoms with van der Waals surface area (Å²) in [6.07, 6.45) is 0.145. The second-order valence-corrected chi connectivity index (χ2v) is 6.35. The van der Waals surface area contributed by atoms with E-state index >= 15 is 0 Å². The highest BCUT2D eigenvalue weighted by Crippen LogP contribution is 2.29. The van der Waals surface area contributed by atoms with Gasteiger partial charge in [0.2, 0.25) is 0 Å². The predicted molar refractivity (Wildman–Crippen MR) is 75.8 cm³/mol. The van der Waals surface area contributed by atoms with Gasteiger partial charge in [0, 0.05) is 51.5 Å². The molecule has 0 N–H and O–H groups in total. The predicted octanol–water partition coefficient (Wildman–Crippen LogP) is 2.31. The van der Waals surface area contributed by atoms with E-state index in [9.17, 15) is 13.6 Å². The van der Waals surface area contributed by atoms with Gasteiger partial charge in [0.05, 0.1) is 5.69 Å². The SMILES string of the molecule is CC(C)N1CCc2oc(C(=O)N3CCC(F)(F)CC3)nc2C1. The first kappa shape index (κ1) is 15.4. The molecule has 0 spiro atoms. The zero-order valence-corrected chi connectivity index (χ0v) is 12.9. The monoisotopic (exact) mass is 313 g/mol. The first-order chi connectivity index (χ1) is 10.4. The van der Waals surface area contributed by atoms with Gasteiger partial charge in [-0.2, -0.15) is 0 Å². The first-order valence-corrected chi connectivity index (χ1v) is 7.75. The lowest BCUT2D eigenvalue weighted by Crippen LogP contribution is -2.42. The Morgan fingerprint density at radius 1 is 1.27 bits per heavy atom. The largest absolute Gasteiger partial charge is 0.437 e. The van der Waals surface area contributed by atoms with Crippen molar-refractivity contribution in [1.82, 2.24) is 14.8 Å². The van der Waals surface area contributed by atoms with E-state index in [-0.39, 0.29) is 37.7 Å². The number of alkyl halides is 2. The van der Waals surface area contributed by atoms with Crippen LogP contribution in [-0.4, -0.2) is 52.3 Å². The number of piperidine rings is 1. The van der Waals surface area contributed by atoms with Crippen LogP contribution in [0, 0.1) is 0 Å². The van der Waals surface area contributed by atoms with Gasteiger partial charge >= 0.3 is 5.91 Å². The van der Waals surface area contributed by atoms with Crippen molar-refractivity contribution in [2.75, 3.05) is 19.6 Å².